The summed E-state index contributed by atoms with van der Waals surface area (Å²) in [5, 5.41) is 0.836. The fourth-order valence-electron chi connectivity index (χ4n) is 1.94. The van der Waals surface area contributed by atoms with Crippen molar-refractivity contribution in [1.29, 1.82) is 0 Å². The molecule has 0 aliphatic carbocycles. The van der Waals surface area contributed by atoms with E-state index in [2.05, 4.69) is 0 Å². The van der Waals surface area contributed by atoms with Crippen LogP contribution in [0.25, 0.3) is 11.0 Å². The normalized spacial score (nSPS) is 15.6. The summed E-state index contributed by atoms with van der Waals surface area (Å²) in [5.41, 5.74) is 0.687. The monoisotopic (exact) mass is 238 g/mol. The predicted molar refractivity (Wildman–Crippen MR) is 59.4 cm³/mol. The standard InChI is InChI=1S/C11H10O4S/c1-6-11(16(2)12)7-3-9-10(14-5-13-9)4-8(7)15-6/h3-4H,5H2,1-2H3/t16-/m0/s1. The lowest BCUT2D eigenvalue weighted by molar-refractivity contribution is 0.174. The molecule has 0 spiro atoms. The van der Waals surface area contributed by atoms with Gasteiger partial charge in [-0.1, -0.05) is 0 Å². The molecule has 1 aromatic heterocycles. The first-order valence-electron chi connectivity index (χ1n) is 4.83. The van der Waals surface area contributed by atoms with Crippen LogP contribution in [0, 0.1) is 6.92 Å². The molecule has 3 rings (SSSR count). The van der Waals surface area contributed by atoms with Gasteiger partial charge in [-0.25, -0.2) is 0 Å². The van der Waals surface area contributed by atoms with E-state index >= 15 is 0 Å². The number of hydrogen-bond donors (Lipinski definition) is 0. The number of benzene rings is 1. The van der Waals surface area contributed by atoms with Crippen LogP contribution in [0.3, 0.4) is 0 Å². The molecule has 1 aromatic carbocycles. The van der Waals surface area contributed by atoms with Gasteiger partial charge >= 0.3 is 0 Å². The lowest BCUT2D eigenvalue weighted by Crippen LogP contribution is -1.93. The second-order valence-electron chi connectivity index (χ2n) is 3.64. The van der Waals surface area contributed by atoms with Gasteiger partial charge in [0.2, 0.25) is 6.79 Å². The molecule has 0 bridgehead atoms. The van der Waals surface area contributed by atoms with E-state index in [-0.39, 0.29) is 6.79 Å². The maximum atomic E-state index is 11.6. The second kappa shape index (κ2) is 3.25. The van der Waals surface area contributed by atoms with Crippen LogP contribution in [0.1, 0.15) is 5.76 Å². The van der Waals surface area contributed by atoms with Crippen molar-refractivity contribution >= 4 is 21.8 Å². The van der Waals surface area contributed by atoms with Crippen LogP contribution in [-0.4, -0.2) is 17.3 Å². The van der Waals surface area contributed by atoms with Gasteiger partial charge in [0, 0.05) is 17.7 Å². The van der Waals surface area contributed by atoms with Crippen molar-refractivity contribution in [1.82, 2.24) is 0 Å². The highest BCUT2D eigenvalue weighted by molar-refractivity contribution is 7.84. The summed E-state index contributed by atoms with van der Waals surface area (Å²) in [7, 11) is -1.07. The van der Waals surface area contributed by atoms with Crippen LogP contribution >= 0.6 is 0 Å². The molecule has 0 fully saturated rings. The zero-order chi connectivity index (χ0) is 11.3. The minimum Gasteiger partial charge on any atom is -0.460 e. The summed E-state index contributed by atoms with van der Waals surface area (Å²) in [6.45, 7) is 2.04. The number of furan rings is 1. The Balaban J connectivity index is 2.36. The molecule has 2 heterocycles. The van der Waals surface area contributed by atoms with Crippen LogP contribution < -0.4 is 9.47 Å². The molecule has 0 amide bonds. The third-order valence-electron chi connectivity index (χ3n) is 2.59. The SMILES string of the molecule is Cc1oc2cc3c(cc2c1[S@](C)=O)OCO3. The Hall–Kier alpha value is -1.49. The summed E-state index contributed by atoms with van der Waals surface area (Å²) in [5.74, 6) is 2.04. The predicted octanol–water partition coefficient (Wildman–Crippen LogP) is 2.21. The molecule has 1 aliphatic rings. The van der Waals surface area contributed by atoms with Gasteiger partial charge < -0.3 is 13.9 Å². The molecule has 16 heavy (non-hydrogen) atoms. The van der Waals surface area contributed by atoms with Crippen molar-refractivity contribution in [3.63, 3.8) is 0 Å². The first-order valence-corrected chi connectivity index (χ1v) is 6.39. The first kappa shape index (κ1) is 9.72. The third-order valence-corrected chi connectivity index (χ3v) is 3.67. The second-order valence-corrected chi connectivity index (χ2v) is 4.96. The van der Waals surface area contributed by atoms with Gasteiger partial charge in [0.1, 0.15) is 11.3 Å². The Bertz CT molecular complexity index is 600. The summed E-state index contributed by atoms with van der Waals surface area (Å²) in [6.07, 6.45) is 1.64. The van der Waals surface area contributed by atoms with Gasteiger partial charge in [0.05, 0.1) is 15.7 Å². The van der Waals surface area contributed by atoms with Crippen molar-refractivity contribution in [3.05, 3.63) is 17.9 Å². The number of rotatable bonds is 1. The molecule has 2 aromatic rings. The van der Waals surface area contributed by atoms with Crippen molar-refractivity contribution in [2.45, 2.75) is 11.8 Å². The molecule has 0 unspecified atom stereocenters. The maximum absolute atomic E-state index is 11.6. The van der Waals surface area contributed by atoms with E-state index in [1.807, 2.05) is 13.0 Å². The quantitative estimate of drug-likeness (QED) is 0.764. The minimum atomic E-state index is -1.07. The zero-order valence-corrected chi connectivity index (χ0v) is 9.72. The fraction of sp³-hybridized carbons (Fsp3) is 0.273. The molecular weight excluding hydrogens is 228 g/mol. The molecule has 84 valence electrons. The van der Waals surface area contributed by atoms with Crippen molar-refractivity contribution < 1.29 is 18.1 Å². The van der Waals surface area contributed by atoms with Crippen molar-refractivity contribution in [2.24, 2.45) is 0 Å². The van der Waals surface area contributed by atoms with Crippen molar-refractivity contribution in [3.8, 4) is 11.5 Å². The molecule has 4 nitrogen and oxygen atoms in total. The van der Waals surface area contributed by atoms with E-state index in [9.17, 15) is 4.21 Å². The Labute approximate surface area is 94.6 Å². The van der Waals surface area contributed by atoms with Gasteiger partial charge in [-0.15, -0.1) is 0 Å². The van der Waals surface area contributed by atoms with E-state index in [1.54, 1.807) is 12.3 Å². The van der Waals surface area contributed by atoms with E-state index in [4.69, 9.17) is 13.9 Å². The number of ether oxygens (including phenoxy) is 2. The molecule has 5 heteroatoms. The Morgan fingerprint density at radius 2 is 1.94 bits per heavy atom. The number of hydrogen-bond acceptors (Lipinski definition) is 4. The van der Waals surface area contributed by atoms with Gasteiger partial charge in [-0.2, -0.15) is 0 Å². The van der Waals surface area contributed by atoms with E-state index in [0.29, 0.717) is 22.8 Å². The van der Waals surface area contributed by atoms with E-state index in [1.165, 1.54) is 0 Å². The number of fused-ring (bicyclic) bond motifs is 2. The van der Waals surface area contributed by atoms with Crippen molar-refractivity contribution in [2.75, 3.05) is 13.0 Å². The molecule has 1 atom stereocenters. The van der Waals surface area contributed by atoms with Crippen LogP contribution in [0.15, 0.2) is 21.4 Å². The highest BCUT2D eigenvalue weighted by atomic mass is 32.2. The average molecular weight is 238 g/mol. The lowest BCUT2D eigenvalue weighted by atomic mass is 10.2. The Kier molecular flexibility index (Phi) is 1.97. The van der Waals surface area contributed by atoms with Gasteiger partial charge in [-0.05, 0) is 13.0 Å². The summed E-state index contributed by atoms with van der Waals surface area (Å²) in [6, 6.07) is 3.60. The Morgan fingerprint density at radius 3 is 2.62 bits per heavy atom. The zero-order valence-electron chi connectivity index (χ0n) is 8.90. The lowest BCUT2D eigenvalue weighted by Gasteiger charge is -1.96. The van der Waals surface area contributed by atoms with Crippen LogP contribution in [0.4, 0.5) is 0 Å². The van der Waals surface area contributed by atoms with E-state index < -0.39 is 10.8 Å². The first-order chi connectivity index (χ1) is 7.66. The van der Waals surface area contributed by atoms with Gasteiger partial charge in [0.15, 0.2) is 11.5 Å². The van der Waals surface area contributed by atoms with Crippen LogP contribution in [-0.2, 0) is 10.8 Å². The molecule has 0 radical (unpaired) electrons. The van der Waals surface area contributed by atoms with Gasteiger partial charge in [0.25, 0.3) is 0 Å². The molecular formula is C11H10O4S. The van der Waals surface area contributed by atoms with Gasteiger partial charge in [-0.3, -0.25) is 4.21 Å². The summed E-state index contributed by atoms with van der Waals surface area (Å²) < 4.78 is 27.7. The highest BCUT2D eigenvalue weighted by Gasteiger charge is 2.20. The average Bonchev–Trinajstić information content (AvgIpc) is 2.75. The minimum absolute atomic E-state index is 0.228. The Morgan fingerprint density at radius 1 is 1.25 bits per heavy atom. The van der Waals surface area contributed by atoms with E-state index in [0.717, 1.165) is 10.3 Å². The summed E-state index contributed by atoms with van der Waals surface area (Å²) >= 11 is 0. The maximum Gasteiger partial charge on any atom is 0.231 e. The molecule has 0 saturated heterocycles. The third kappa shape index (κ3) is 1.24. The topological polar surface area (TPSA) is 48.7 Å². The molecule has 0 saturated carbocycles. The van der Waals surface area contributed by atoms with Crippen LogP contribution in [0.5, 0.6) is 11.5 Å². The summed E-state index contributed by atoms with van der Waals surface area (Å²) in [4.78, 5) is 0.730. The van der Waals surface area contributed by atoms with Crippen LogP contribution in [0.2, 0.25) is 0 Å². The molecule has 1 aliphatic heterocycles. The number of aryl methyl sites for hydroxylation is 1. The smallest absolute Gasteiger partial charge is 0.231 e. The largest absolute Gasteiger partial charge is 0.460 e. The fourth-order valence-corrected chi connectivity index (χ4v) is 2.86. The molecule has 0 N–H and O–H groups in total. The highest BCUT2D eigenvalue weighted by Crippen LogP contribution is 2.39.